The number of carbonyl (C=O) groups is 2. The third-order valence-corrected chi connectivity index (χ3v) is 16.2. The summed E-state index contributed by atoms with van der Waals surface area (Å²) in [4.78, 5) is 53.1. The number of rotatable bonds is 6. The molecule has 6 aliphatic rings. The van der Waals surface area contributed by atoms with Crippen LogP contribution in [0.2, 0.25) is 20.1 Å². The standard InChI is InChI=1S/2C24H28Cl2N4O2/c2*1-14-11-20(31)22-21(14)23(28-13-27-22)29-7-9-30(10-8-29)24(32)17-4-2-3-16(17)15-5-6-18(25)19(26)12-15/h2*5-6,12-14,16-17,20,31H,2-4,7-11H2,1H3/t14-,16?,17-,20-;14-,16-,17?,20-/m11/s1. The summed E-state index contributed by atoms with van der Waals surface area (Å²) in [7, 11) is 0. The summed E-state index contributed by atoms with van der Waals surface area (Å²) in [6.07, 6.45) is 9.40. The highest BCUT2D eigenvalue weighted by molar-refractivity contribution is 6.42. The van der Waals surface area contributed by atoms with Crippen molar-refractivity contribution in [1.82, 2.24) is 29.7 Å². The highest BCUT2D eigenvalue weighted by Crippen LogP contribution is 2.46. The SMILES string of the molecule is C[C@@H]1C[C@@H](O)c2ncnc(N3CCN(C(=O)C4CCC[C@@H]4c4ccc(Cl)c(Cl)c4)CC3)c21.C[C@@H]1C[C@@H](O)c2ncnc(N3CCN(C(=O)[C@@H]4CCCC4c4ccc(Cl)c(Cl)c4)CC3)c21. The molecule has 8 atom stereocenters. The zero-order valence-corrected chi connectivity index (χ0v) is 39.4. The van der Waals surface area contributed by atoms with Crippen LogP contribution in [0.5, 0.6) is 0 Å². The molecular weight excluding hydrogens is 894 g/mol. The molecule has 0 spiro atoms. The van der Waals surface area contributed by atoms with Crippen molar-refractivity contribution in [2.24, 2.45) is 11.8 Å². The first-order valence-electron chi connectivity index (χ1n) is 22.9. The minimum atomic E-state index is -0.509. The summed E-state index contributed by atoms with van der Waals surface area (Å²) in [6, 6.07) is 11.5. The van der Waals surface area contributed by atoms with Gasteiger partial charge in [-0.15, -0.1) is 0 Å². The van der Waals surface area contributed by atoms with Gasteiger partial charge in [-0.2, -0.15) is 0 Å². The van der Waals surface area contributed by atoms with E-state index in [-0.39, 0.29) is 47.3 Å². The lowest BCUT2D eigenvalue weighted by Gasteiger charge is -2.38. The van der Waals surface area contributed by atoms with E-state index in [0.717, 1.165) is 110 Å². The highest BCUT2D eigenvalue weighted by Gasteiger charge is 2.41. The van der Waals surface area contributed by atoms with Gasteiger partial charge in [0.1, 0.15) is 24.3 Å². The molecule has 4 fully saturated rings. The molecule has 2 saturated carbocycles. The second-order valence-corrected chi connectivity index (χ2v) is 20.2. The summed E-state index contributed by atoms with van der Waals surface area (Å²) in [5, 5.41) is 22.8. The van der Waals surface area contributed by atoms with Gasteiger partial charge in [-0.25, -0.2) is 19.9 Å². The zero-order chi connectivity index (χ0) is 44.8. The molecule has 12 nitrogen and oxygen atoms in total. The molecule has 2 aromatic carbocycles. The predicted octanol–water partition coefficient (Wildman–Crippen LogP) is 9.11. The Bertz CT molecular complexity index is 2210. The number of benzene rings is 2. The smallest absolute Gasteiger partial charge is 0.226 e. The second kappa shape index (κ2) is 19.2. The number of fused-ring (bicyclic) bond motifs is 2. The highest BCUT2D eigenvalue weighted by atomic mass is 35.5. The van der Waals surface area contributed by atoms with E-state index < -0.39 is 12.2 Å². The van der Waals surface area contributed by atoms with Crippen LogP contribution in [0.25, 0.3) is 0 Å². The molecule has 2 amide bonds. The average Bonchev–Trinajstić information content (AvgIpc) is 4.12. The van der Waals surface area contributed by atoms with Crippen molar-refractivity contribution in [3.63, 3.8) is 0 Å². The molecule has 0 bridgehead atoms. The number of anilines is 2. The van der Waals surface area contributed by atoms with Crippen LogP contribution >= 0.6 is 46.4 Å². The molecule has 64 heavy (non-hydrogen) atoms. The first-order chi connectivity index (χ1) is 30.9. The Hall–Kier alpha value is -3.78. The predicted molar refractivity (Wildman–Crippen MR) is 251 cm³/mol. The Balaban J connectivity index is 0.000000162. The van der Waals surface area contributed by atoms with Crippen LogP contribution in [-0.4, -0.2) is 104 Å². The molecule has 4 aromatic rings. The molecule has 0 radical (unpaired) electrons. The van der Waals surface area contributed by atoms with E-state index in [2.05, 4.69) is 43.6 Å². The maximum atomic E-state index is 13.5. The maximum Gasteiger partial charge on any atom is 0.226 e. The number of carbonyl (C=O) groups excluding carboxylic acids is 2. The molecule has 2 aliphatic heterocycles. The lowest BCUT2D eigenvalue weighted by Crippen LogP contribution is -2.51. The summed E-state index contributed by atoms with van der Waals surface area (Å²) in [5.74, 6) is 3.19. The number of piperazine rings is 2. The van der Waals surface area contributed by atoms with Crippen molar-refractivity contribution in [3.05, 3.63) is 103 Å². The van der Waals surface area contributed by atoms with Gasteiger partial charge in [0, 0.05) is 75.3 Å². The van der Waals surface area contributed by atoms with Gasteiger partial charge in [0.05, 0.1) is 43.7 Å². The monoisotopic (exact) mass is 948 g/mol. The number of aliphatic hydroxyl groups is 2. The number of hydrogen-bond acceptors (Lipinski definition) is 10. The van der Waals surface area contributed by atoms with E-state index in [1.165, 1.54) is 0 Å². The van der Waals surface area contributed by atoms with Crippen molar-refractivity contribution < 1.29 is 19.8 Å². The van der Waals surface area contributed by atoms with E-state index in [1.807, 2.05) is 46.2 Å². The van der Waals surface area contributed by atoms with Gasteiger partial charge < -0.3 is 29.8 Å². The molecule has 4 heterocycles. The number of aliphatic hydroxyl groups excluding tert-OH is 2. The fourth-order valence-corrected chi connectivity index (χ4v) is 12.1. The molecule has 2 aromatic heterocycles. The molecule has 4 aliphatic carbocycles. The molecule has 16 heteroatoms. The summed E-state index contributed by atoms with van der Waals surface area (Å²) < 4.78 is 0. The van der Waals surface area contributed by atoms with E-state index >= 15 is 0 Å². The van der Waals surface area contributed by atoms with Gasteiger partial charge in [0.2, 0.25) is 11.8 Å². The van der Waals surface area contributed by atoms with Crippen LogP contribution in [0.15, 0.2) is 49.1 Å². The molecule has 2 unspecified atom stereocenters. The van der Waals surface area contributed by atoms with Crippen LogP contribution in [0.1, 0.15) is 135 Å². The quantitative estimate of drug-likeness (QED) is 0.193. The van der Waals surface area contributed by atoms with Gasteiger partial charge in [0.25, 0.3) is 0 Å². The lowest BCUT2D eigenvalue weighted by molar-refractivity contribution is -0.136. The van der Waals surface area contributed by atoms with E-state index in [0.29, 0.717) is 59.1 Å². The molecule has 10 rings (SSSR count). The number of hydrogen-bond donors (Lipinski definition) is 2. The number of aromatic nitrogens is 4. The normalized spacial score (nSPS) is 27.6. The van der Waals surface area contributed by atoms with Crippen LogP contribution in [-0.2, 0) is 9.59 Å². The maximum absolute atomic E-state index is 13.5. The number of nitrogens with zero attached hydrogens (tertiary/aromatic N) is 8. The van der Waals surface area contributed by atoms with Gasteiger partial charge in [-0.1, -0.05) is 85.2 Å². The minimum Gasteiger partial charge on any atom is -0.387 e. The zero-order valence-electron chi connectivity index (χ0n) is 36.4. The summed E-state index contributed by atoms with van der Waals surface area (Å²) in [5.41, 5.74) is 5.87. The second-order valence-electron chi connectivity index (χ2n) is 18.6. The molecule has 2 saturated heterocycles. The van der Waals surface area contributed by atoms with Crippen molar-refractivity contribution >= 4 is 69.9 Å². The van der Waals surface area contributed by atoms with Crippen molar-refractivity contribution in [1.29, 1.82) is 0 Å². The Morgan fingerprint density at radius 3 is 1.31 bits per heavy atom. The fourth-order valence-electron chi connectivity index (χ4n) is 11.4. The first kappa shape index (κ1) is 45.4. The van der Waals surface area contributed by atoms with E-state index in [4.69, 9.17) is 46.4 Å². The Morgan fingerprint density at radius 1 is 0.547 bits per heavy atom. The van der Waals surface area contributed by atoms with E-state index in [9.17, 15) is 19.8 Å². The Morgan fingerprint density at radius 2 is 0.938 bits per heavy atom. The number of amides is 2. The first-order valence-corrected chi connectivity index (χ1v) is 24.4. The van der Waals surface area contributed by atoms with E-state index in [1.54, 1.807) is 12.7 Å². The summed E-state index contributed by atoms with van der Waals surface area (Å²) >= 11 is 24.7. The van der Waals surface area contributed by atoms with Crippen LogP contribution < -0.4 is 9.80 Å². The van der Waals surface area contributed by atoms with Crippen molar-refractivity contribution in [2.45, 2.75) is 101 Å². The Labute approximate surface area is 395 Å². The van der Waals surface area contributed by atoms with Gasteiger partial charge in [0.15, 0.2) is 0 Å². The van der Waals surface area contributed by atoms with Gasteiger partial charge >= 0.3 is 0 Å². The molecule has 2 N–H and O–H groups in total. The van der Waals surface area contributed by atoms with Crippen LogP contribution in [0.4, 0.5) is 11.6 Å². The third kappa shape index (κ3) is 8.92. The number of halogens is 4. The molecule has 340 valence electrons. The largest absolute Gasteiger partial charge is 0.387 e. The van der Waals surface area contributed by atoms with Crippen molar-refractivity contribution in [3.8, 4) is 0 Å². The average molecular weight is 951 g/mol. The topological polar surface area (TPSA) is 139 Å². The van der Waals surface area contributed by atoms with Gasteiger partial charge in [-0.3, -0.25) is 9.59 Å². The van der Waals surface area contributed by atoms with Gasteiger partial charge in [-0.05, 0) is 97.6 Å². The lowest BCUT2D eigenvalue weighted by atomic mass is 9.87. The Kier molecular flexibility index (Phi) is 13.6. The summed E-state index contributed by atoms with van der Waals surface area (Å²) in [6.45, 7) is 9.90. The van der Waals surface area contributed by atoms with Crippen LogP contribution in [0, 0.1) is 11.8 Å². The third-order valence-electron chi connectivity index (χ3n) is 14.7. The van der Waals surface area contributed by atoms with Crippen molar-refractivity contribution in [2.75, 3.05) is 62.2 Å². The fraction of sp³-hybridized carbons (Fsp3) is 0.542. The van der Waals surface area contributed by atoms with Crippen LogP contribution in [0.3, 0.4) is 0 Å². The molecular formula is C48H56Cl4N8O4. The minimum absolute atomic E-state index is 0.00254.